The summed E-state index contributed by atoms with van der Waals surface area (Å²) in [4.78, 5) is 24.4. The Labute approximate surface area is 227 Å². The lowest BCUT2D eigenvalue weighted by Gasteiger charge is -2.12. The van der Waals surface area contributed by atoms with Gasteiger partial charge in [-0.2, -0.15) is 0 Å². The Morgan fingerprint density at radius 1 is 0.735 bits per heavy atom. The molecule has 0 saturated heterocycles. The number of rotatable bonds is 11. The number of esters is 2. The highest BCUT2D eigenvalue weighted by molar-refractivity contribution is 8.77. The molecule has 16 heteroatoms. The number of carbonyl (C=O) groups excluding carboxylic acids is 2. The van der Waals surface area contributed by atoms with E-state index < -0.39 is 34.1 Å². The Morgan fingerprint density at radius 3 is 1.41 bits per heavy atom. The molecule has 34 heavy (non-hydrogen) atoms. The fourth-order valence-electron chi connectivity index (χ4n) is 2.16. The van der Waals surface area contributed by atoms with Crippen molar-refractivity contribution >= 4 is 102 Å². The van der Waals surface area contributed by atoms with E-state index in [0.717, 1.165) is 21.6 Å². The van der Waals surface area contributed by atoms with Crippen molar-refractivity contribution in [1.82, 2.24) is 0 Å². The lowest BCUT2D eigenvalue weighted by molar-refractivity contribution is -0.132. The average molecular weight is 628 g/mol. The molecule has 2 atom stereocenters. The fourth-order valence-corrected chi connectivity index (χ4v) is 6.44. The van der Waals surface area contributed by atoms with Gasteiger partial charge in [-0.25, -0.2) is 8.42 Å². The zero-order valence-electron chi connectivity index (χ0n) is 17.1. The van der Waals surface area contributed by atoms with Gasteiger partial charge in [0.1, 0.15) is 21.3 Å². The molecule has 0 saturated carbocycles. The van der Waals surface area contributed by atoms with Crippen LogP contribution in [0.25, 0.3) is 0 Å². The van der Waals surface area contributed by atoms with Gasteiger partial charge in [-0.1, -0.05) is 68.0 Å². The maximum absolute atomic E-state index is 12.2. The van der Waals surface area contributed by atoms with E-state index in [2.05, 4.69) is 0 Å². The van der Waals surface area contributed by atoms with Gasteiger partial charge in [-0.3, -0.25) is 18.0 Å². The summed E-state index contributed by atoms with van der Waals surface area (Å²) in [5.41, 5.74) is 0. The van der Waals surface area contributed by atoms with Crippen molar-refractivity contribution < 1.29 is 35.8 Å². The first-order valence-electron chi connectivity index (χ1n) is 8.63. The fraction of sp³-hybridized carbons (Fsp3) is 0.222. The molecule has 2 aromatic carbocycles. The topological polar surface area (TPSA) is 105 Å². The predicted molar refractivity (Wildman–Crippen MR) is 136 cm³/mol. The van der Waals surface area contributed by atoms with Gasteiger partial charge in [0.2, 0.25) is 0 Å². The molecule has 186 valence electrons. The zero-order chi connectivity index (χ0) is 25.4. The smallest absolute Gasteiger partial charge is 0.322 e. The monoisotopic (exact) mass is 626 g/mol. The van der Waals surface area contributed by atoms with Gasteiger partial charge >= 0.3 is 11.9 Å². The summed E-state index contributed by atoms with van der Waals surface area (Å²) >= 11 is 20.0. The van der Waals surface area contributed by atoms with E-state index in [4.69, 9.17) is 64.2 Å². The number of hydrogen-bond donors (Lipinski definition) is 0. The standard InChI is InChI=1S/C18H14Cl4O8S4/c1-27-33(25)13-5-9(19)3-11(21)17(13)29-15(23)7-31-32-8-16(24)30-18-12(22)4-10(20)6-14(18)34(26)28-2/h3-6H,7-8H2,1-2H3/t33-,34-/m1/s1. The van der Waals surface area contributed by atoms with Crippen molar-refractivity contribution in [2.24, 2.45) is 0 Å². The van der Waals surface area contributed by atoms with Gasteiger partial charge in [0.05, 0.1) is 24.3 Å². The van der Waals surface area contributed by atoms with Crippen LogP contribution in [0.5, 0.6) is 11.5 Å². The van der Waals surface area contributed by atoms with E-state index >= 15 is 0 Å². The van der Waals surface area contributed by atoms with Crippen LogP contribution in [0, 0.1) is 0 Å². The van der Waals surface area contributed by atoms with Gasteiger partial charge in [0.15, 0.2) is 33.7 Å². The number of halogens is 4. The zero-order valence-corrected chi connectivity index (χ0v) is 23.4. The van der Waals surface area contributed by atoms with E-state index in [1.165, 1.54) is 38.5 Å². The summed E-state index contributed by atoms with van der Waals surface area (Å²) in [5, 5.41) is 0.331. The molecule has 2 aromatic rings. The van der Waals surface area contributed by atoms with Crippen molar-refractivity contribution in [3.8, 4) is 11.5 Å². The SMILES string of the molecule is CO[S@@](=O)c1cc(Cl)cc(Cl)c1OC(=O)CSSCC(=O)Oc1c(Cl)cc(Cl)cc1[S@](=O)OC. The van der Waals surface area contributed by atoms with Gasteiger partial charge in [0.25, 0.3) is 0 Å². The average Bonchev–Trinajstić information content (AvgIpc) is 2.78. The third-order valence-corrected chi connectivity index (χ3v) is 8.49. The Hall–Kier alpha value is -0.540. The van der Waals surface area contributed by atoms with Gasteiger partial charge < -0.3 is 9.47 Å². The molecule has 0 heterocycles. The molecule has 0 N–H and O–H groups in total. The Bertz CT molecular complexity index is 1040. The highest BCUT2D eigenvalue weighted by Crippen LogP contribution is 2.37. The van der Waals surface area contributed by atoms with Gasteiger partial charge in [-0.15, -0.1) is 0 Å². The van der Waals surface area contributed by atoms with E-state index in [-0.39, 0.29) is 52.9 Å². The van der Waals surface area contributed by atoms with Crippen molar-refractivity contribution in [2.45, 2.75) is 9.79 Å². The molecule has 0 aliphatic rings. The van der Waals surface area contributed by atoms with Crippen molar-refractivity contribution in [2.75, 3.05) is 25.7 Å². The van der Waals surface area contributed by atoms with E-state index in [9.17, 15) is 18.0 Å². The van der Waals surface area contributed by atoms with Crippen LogP contribution in [-0.2, 0) is 40.1 Å². The molecule has 0 aromatic heterocycles. The van der Waals surface area contributed by atoms with Crippen LogP contribution in [0.15, 0.2) is 34.1 Å². The van der Waals surface area contributed by atoms with Crippen LogP contribution in [0.4, 0.5) is 0 Å². The van der Waals surface area contributed by atoms with E-state index in [1.807, 2.05) is 0 Å². The third-order valence-electron chi connectivity index (χ3n) is 3.48. The number of carbonyl (C=O) groups is 2. The highest BCUT2D eigenvalue weighted by Gasteiger charge is 2.21. The largest absolute Gasteiger partial charge is 0.423 e. The number of benzene rings is 2. The molecule has 0 aliphatic heterocycles. The normalized spacial score (nSPS) is 12.8. The molecule has 0 radical (unpaired) electrons. The summed E-state index contributed by atoms with van der Waals surface area (Å²) in [5.74, 6) is -2.09. The van der Waals surface area contributed by atoms with Crippen LogP contribution in [0.1, 0.15) is 0 Å². The number of hydrogen-bond acceptors (Lipinski definition) is 10. The maximum Gasteiger partial charge on any atom is 0.322 e. The van der Waals surface area contributed by atoms with Gasteiger partial charge in [0, 0.05) is 10.0 Å². The summed E-state index contributed by atoms with van der Waals surface area (Å²) < 4.78 is 43.9. The van der Waals surface area contributed by atoms with Crippen molar-refractivity contribution in [3.05, 3.63) is 44.4 Å². The van der Waals surface area contributed by atoms with Crippen molar-refractivity contribution in [3.63, 3.8) is 0 Å². The number of ether oxygens (including phenoxy) is 2. The minimum atomic E-state index is -1.95. The molecule has 8 nitrogen and oxygen atoms in total. The summed E-state index contributed by atoms with van der Waals surface area (Å²) in [7, 11) is 4.40. The van der Waals surface area contributed by atoms with Crippen molar-refractivity contribution in [1.29, 1.82) is 0 Å². The van der Waals surface area contributed by atoms with Crippen LogP contribution >= 0.6 is 68.0 Å². The second-order valence-corrected chi connectivity index (χ2v) is 12.3. The van der Waals surface area contributed by atoms with E-state index in [1.54, 1.807) is 0 Å². The molecular formula is C18H14Cl4O8S4. The van der Waals surface area contributed by atoms with Gasteiger partial charge in [-0.05, 0) is 24.3 Å². The van der Waals surface area contributed by atoms with E-state index in [0.29, 0.717) is 0 Å². The molecule has 0 aliphatic carbocycles. The van der Waals surface area contributed by atoms with Crippen LogP contribution in [-0.4, -0.2) is 46.1 Å². The minimum absolute atomic E-state index is 0.00123. The molecule has 0 spiro atoms. The molecule has 0 unspecified atom stereocenters. The molecular weight excluding hydrogens is 614 g/mol. The first kappa shape index (κ1) is 29.7. The summed E-state index contributed by atoms with van der Waals surface area (Å²) in [6.45, 7) is 0. The highest BCUT2D eigenvalue weighted by atomic mass is 35.5. The lowest BCUT2D eigenvalue weighted by Crippen LogP contribution is -2.14. The second kappa shape index (κ2) is 14.3. The third kappa shape index (κ3) is 8.54. The molecule has 0 bridgehead atoms. The first-order valence-corrected chi connectivity index (χ1v) is 14.8. The Kier molecular flexibility index (Phi) is 12.5. The summed E-state index contributed by atoms with van der Waals surface area (Å²) in [6, 6.07) is 5.26. The Morgan fingerprint density at radius 2 is 1.09 bits per heavy atom. The van der Waals surface area contributed by atoms with Crippen LogP contribution in [0.2, 0.25) is 20.1 Å². The molecule has 2 rings (SSSR count). The minimum Gasteiger partial charge on any atom is -0.423 e. The first-order chi connectivity index (χ1) is 16.1. The Balaban J connectivity index is 1.93. The second-order valence-electron chi connectivity index (χ2n) is 5.71. The quantitative estimate of drug-likeness (QED) is 0.137. The lowest BCUT2D eigenvalue weighted by atomic mass is 10.3. The maximum atomic E-state index is 12.2. The van der Waals surface area contributed by atoms with Crippen LogP contribution < -0.4 is 9.47 Å². The molecule has 0 fully saturated rings. The van der Waals surface area contributed by atoms with Crippen LogP contribution in [0.3, 0.4) is 0 Å². The predicted octanol–water partition coefficient (Wildman–Crippen LogP) is 5.53. The molecule has 0 amide bonds. The summed E-state index contributed by atoms with van der Waals surface area (Å²) in [6.07, 6.45) is 0.